The van der Waals surface area contributed by atoms with Crippen LogP contribution >= 0.6 is 12.4 Å². The third kappa shape index (κ3) is 4.36. The molecule has 1 rings (SSSR count). The molecule has 0 bridgehead atoms. The van der Waals surface area contributed by atoms with Crippen molar-refractivity contribution < 1.29 is 22.0 Å². The molecule has 0 aromatic heterocycles. The monoisotopic (exact) mass is 302 g/mol. The summed E-state index contributed by atoms with van der Waals surface area (Å²) in [5, 5.41) is 9.93. The van der Waals surface area contributed by atoms with Crippen molar-refractivity contribution in [1.29, 1.82) is 5.41 Å². The van der Waals surface area contributed by atoms with Gasteiger partial charge in [-0.15, -0.1) is 12.4 Å². The van der Waals surface area contributed by atoms with E-state index in [9.17, 15) is 22.0 Å². The number of hydrazone groups is 1. The number of guanidine groups is 1. The minimum absolute atomic E-state index is 0. The Hall–Kier alpha value is -1.90. The lowest BCUT2D eigenvalue weighted by Gasteiger charge is -2.09. The van der Waals surface area contributed by atoms with Crippen LogP contribution in [0.3, 0.4) is 0 Å². The Morgan fingerprint density at radius 3 is 2.32 bits per heavy atom. The second-order valence-corrected chi connectivity index (χ2v) is 3.11. The van der Waals surface area contributed by atoms with E-state index in [-0.39, 0.29) is 12.4 Å². The molecule has 0 saturated carbocycles. The van der Waals surface area contributed by atoms with Crippen molar-refractivity contribution in [2.75, 3.05) is 0 Å². The third-order valence-electron chi connectivity index (χ3n) is 1.81. The highest BCUT2D eigenvalue weighted by molar-refractivity contribution is 5.85. The van der Waals surface area contributed by atoms with Crippen LogP contribution < -0.4 is 11.2 Å². The Morgan fingerprint density at radius 1 is 1.26 bits per heavy atom. The molecule has 0 amide bonds. The summed E-state index contributed by atoms with van der Waals surface area (Å²) in [5.74, 6) is -4.24. The van der Waals surface area contributed by atoms with Gasteiger partial charge in [0, 0.05) is 5.56 Å². The molecular formula is C9H8ClF5N4. The maximum atomic E-state index is 13.2. The van der Waals surface area contributed by atoms with Crippen molar-refractivity contribution in [3.63, 3.8) is 0 Å². The molecule has 1 aromatic carbocycles. The molecule has 0 radical (unpaired) electrons. The minimum atomic E-state index is -4.97. The Bertz CT molecular complexity index is 500. The highest BCUT2D eigenvalue weighted by Gasteiger charge is 2.35. The van der Waals surface area contributed by atoms with Gasteiger partial charge in [-0.3, -0.25) is 5.41 Å². The molecule has 0 unspecified atom stereocenters. The highest BCUT2D eigenvalue weighted by Crippen LogP contribution is 2.32. The van der Waals surface area contributed by atoms with Gasteiger partial charge in [-0.1, -0.05) is 0 Å². The first-order chi connectivity index (χ1) is 8.23. The zero-order valence-corrected chi connectivity index (χ0v) is 9.87. The van der Waals surface area contributed by atoms with E-state index in [4.69, 9.17) is 11.1 Å². The van der Waals surface area contributed by atoms with Gasteiger partial charge in [0.1, 0.15) is 0 Å². The summed E-state index contributed by atoms with van der Waals surface area (Å²) in [6.45, 7) is 0. The van der Waals surface area contributed by atoms with Gasteiger partial charge >= 0.3 is 6.18 Å². The summed E-state index contributed by atoms with van der Waals surface area (Å²) < 4.78 is 63.0. The predicted molar refractivity (Wildman–Crippen MR) is 61.3 cm³/mol. The van der Waals surface area contributed by atoms with Crippen LogP contribution in [0.4, 0.5) is 22.0 Å². The lowest BCUT2D eigenvalue weighted by atomic mass is 10.1. The van der Waals surface area contributed by atoms with Gasteiger partial charge < -0.3 is 5.73 Å². The van der Waals surface area contributed by atoms with E-state index in [1.165, 1.54) is 0 Å². The van der Waals surface area contributed by atoms with Crippen molar-refractivity contribution in [3.05, 3.63) is 34.9 Å². The van der Waals surface area contributed by atoms with E-state index in [2.05, 4.69) is 5.10 Å². The van der Waals surface area contributed by atoms with E-state index >= 15 is 0 Å². The highest BCUT2D eigenvalue weighted by atomic mass is 35.5. The third-order valence-corrected chi connectivity index (χ3v) is 1.81. The van der Waals surface area contributed by atoms with Crippen LogP contribution in [0.25, 0.3) is 0 Å². The molecule has 0 aliphatic heterocycles. The number of nitrogens with zero attached hydrogens (tertiary/aromatic N) is 1. The first kappa shape index (κ1) is 17.1. The molecule has 10 heteroatoms. The first-order valence-electron chi connectivity index (χ1n) is 4.41. The molecule has 4 nitrogen and oxygen atoms in total. The topological polar surface area (TPSA) is 74.3 Å². The van der Waals surface area contributed by atoms with E-state index < -0.39 is 34.9 Å². The fourth-order valence-electron chi connectivity index (χ4n) is 1.05. The van der Waals surface area contributed by atoms with Crippen LogP contribution in [0.15, 0.2) is 17.2 Å². The standard InChI is InChI=1S/C9H7F5N4.ClH/c10-6-4(3-17-18-8(15)16)1-2-5(7(6)11)9(12,13)14;/h1-3H,(H4,15,16,18);1H. The van der Waals surface area contributed by atoms with Crippen molar-refractivity contribution in [2.24, 2.45) is 10.8 Å². The largest absolute Gasteiger partial charge is 0.419 e. The zero-order valence-electron chi connectivity index (χ0n) is 9.05. The molecular weight excluding hydrogens is 295 g/mol. The van der Waals surface area contributed by atoms with Gasteiger partial charge in [0.05, 0.1) is 11.8 Å². The number of halogens is 6. The molecule has 0 heterocycles. The number of hydrogen-bond donors (Lipinski definition) is 3. The van der Waals surface area contributed by atoms with Crippen molar-refractivity contribution in [3.8, 4) is 0 Å². The van der Waals surface area contributed by atoms with Crippen LogP contribution in [0, 0.1) is 17.0 Å². The first-order valence-corrected chi connectivity index (χ1v) is 4.41. The minimum Gasteiger partial charge on any atom is -0.369 e. The van der Waals surface area contributed by atoms with Gasteiger partial charge in [0.15, 0.2) is 11.6 Å². The Kier molecular flexibility index (Phi) is 5.69. The summed E-state index contributed by atoms with van der Waals surface area (Å²) in [6.07, 6.45) is -4.27. The summed E-state index contributed by atoms with van der Waals surface area (Å²) in [6, 6.07) is 1.11. The van der Waals surface area contributed by atoms with Gasteiger partial charge in [0.25, 0.3) is 0 Å². The van der Waals surface area contributed by atoms with Gasteiger partial charge in [-0.2, -0.15) is 18.3 Å². The number of hydrogen-bond acceptors (Lipinski definition) is 2. The van der Waals surface area contributed by atoms with Crippen molar-refractivity contribution >= 4 is 24.6 Å². The number of benzene rings is 1. The van der Waals surface area contributed by atoms with Crippen LogP contribution in [0.5, 0.6) is 0 Å². The number of nitrogens with one attached hydrogen (secondary N) is 2. The molecule has 19 heavy (non-hydrogen) atoms. The van der Waals surface area contributed by atoms with E-state index in [0.29, 0.717) is 18.3 Å². The molecule has 106 valence electrons. The Balaban J connectivity index is 0.00000324. The van der Waals surface area contributed by atoms with Crippen LogP contribution in [-0.4, -0.2) is 12.2 Å². The lowest BCUT2D eigenvalue weighted by Crippen LogP contribution is -2.25. The fraction of sp³-hybridized carbons (Fsp3) is 0.111. The second kappa shape index (κ2) is 6.32. The summed E-state index contributed by atoms with van der Waals surface area (Å²) in [4.78, 5) is 0. The van der Waals surface area contributed by atoms with Crippen LogP contribution in [0.1, 0.15) is 11.1 Å². The molecule has 0 atom stereocenters. The average Bonchev–Trinajstić information content (AvgIpc) is 2.22. The molecule has 0 fully saturated rings. The maximum absolute atomic E-state index is 13.2. The van der Waals surface area contributed by atoms with E-state index in [1.54, 1.807) is 0 Å². The summed E-state index contributed by atoms with van der Waals surface area (Å²) in [7, 11) is 0. The van der Waals surface area contributed by atoms with Gasteiger partial charge in [-0.05, 0) is 12.1 Å². The molecule has 1 aromatic rings. The van der Waals surface area contributed by atoms with Crippen molar-refractivity contribution in [1.82, 2.24) is 5.43 Å². The lowest BCUT2D eigenvalue weighted by molar-refractivity contribution is -0.140. The number of nitrogens with two attached hydrogens (primary N) is 1. The van der Waals surface area contributed by atoms with E-state index in [0.717, 1.165) is 0 Å². The zero-order chi connectivity index (χ0) is 13.9. The molecule has 0 spiro atoms. The number of alkyl halides is 3. The molecule has 0 aliphatic rings. The summed E-state index contributed by atoms with van der Waals surface area (Å²) >= 11 is 0. The Morgan fingerprint density at radius 2 is 1.84 bits per heavy atom. The fourth-order valence-corrected chi connectivity index (χ4v) is 1.05. The molecule has 0 saturated heterocycles. The Labute approximate surface area is 110 Å². The molecule has 4 N–H and O–H groups in total. The van der Waals surface area contributed by atoms with Crippen molar-refractivity contribution in [2.45, 2.75) is 6.18 Å². The van der Waals surface area contributed by atoms with Gasteiger partial charge in [0.2, 0.25) is 5.96 Å². The predicted octanol–water partition coefficient (Wildman–Crippen LogP) is 2.22. The second-order valence-electron chi connectivity index (χ2n) is 3.11. The molecule has 0 aliphatic carbocycles. The van der Waals surface area contributed by atoms with Crippen LogP contribution in [-0.2, 0) is 6.18 Å². The maximum Gasteiger partial charge on any atom is 0.419 e. The normalized spacial score (nSPS) is 11.2. The quantitative estimate of drug-likeness (QED) is 0.339. The SMILES string of the molecule is Cl.N=C(N)NN=Cc1ccc(C(F)(F)F)c(F)c1F. The van der Waals surface area contributed by atoms with Crippen LogP contribution in [0.2, 0.25) is 0 Å². The van der Waals surface area contributed by atoms with Gasteiger partial charge in [-0.25, -0.2) is 14.2 Å². The number of rotatable bonds is 2. The smallest absolute Gasteiger partial charge is 0.369 e. The summed E-state index contributed by atoms with van der Waals surface area (Å²) in [5.41, 5.74) is 4.55. The van der Waals surface area contributed by atoms with E-state index in [1.807, 2.05) is 5.43 Å². The average molecular weight is 303 g/mol.